The van der Waals surface area contributed by atoms with Crippen LogP contribution in [0.3, 0.4) is 0 Å². The van der Waals surface area contributed by atoms with E-state index in [1.54, 1.807) is 16.2 Å². The summed E-state index contributed by atoms with van der Waals surface area (Å²) in [4.78, 5) is 20.3. The minimum atomic E-state index is -0.0616. The first-order valence-electron chi connectivity index (χ1n) is 11.7. The standard InChI is InChI=1S/C28H30N2O2S/c1-3-5-9-19-32-24-17-15-23(16-18-24)27(31)30(20-21-11-7-6-8-12-21)28-29-26-22(4-2)13-10-14-25(26)33-28/h6-8,10-18H,3-5,9,19-20H2,1-2H3. The van der Waals surface area contributed by atoms with E-state index in [1.807, 2.05) is 54.6 Å². The van der Waals surface area contributed by atoms with Crippen LogP contribution in [0.1, 0.15) is 54.6 Å². The fourth-order valence-electron chi connectivity index (χ4n) is 3.78. The number of unbranched alkanes of at least 4 members (excludes halogenated alkanes) is 2. The van der Waals surface area contributed by atoms with Gasteiger partial charge in [-0.1, -0.05) is 80.5 Å². The van der Waals surface area contributed by atoms with Crippen molar-refractivity contribution >= 4 is 32.6 Å². The van der Waals surface area contributed by atoms with E-state index >= 15 is 0 Å². The van der Waals surface area contributed by atoms with Crippen molar-refractivity contribution < 1.29 is 9.53 Å². The first-order valence-corrected chi connectivity index (χ1v) is 12.5. The highest BCUT2D eigenvalue weighted by Crippen LogP contribution is 2.33. The second-order valence-electron chi connectivity index (χ2n) is 8.07. The second kappa shape index (κ2) is 11.1. The SMILES string of the molecule is CCCCCOc1ccc(C(=O)N(Cc2ccccc2)c2nc3c(CC)cccc3s2)cc1. The van der Waals surface area contributed by atoms with Crippen LogP contribution in [0.5, 0.6) is 5.75 Å². The molecule has 0 saturated heterocycles. The first-order chi connectivity index (χ1) is 16.2. The quantitative estimate of drug-likeness (QED) is 0.235. The van der Waals surface area contributed by atoms with Gasteiger partial charge in [0.1, 0.15) is 5.75 Å². The van der Waals surface area contributed by atoms with Gasteiger partial charge in [-0.2, -0.15) is 0 Å². The monoisotopic (exact) mass is 458 g/mol. The molecule has 0 atom stereocenters. The van der Waals surface area contributed by atoms with E-state index in [2.05, 4.69) is 32.0 Å². The van der Waals surface area contributed by atoms with Gasteiger partial charge in [0.05, 0.1) is 23.4 Å². The Labute approximate surface area is 199 Å². The topological polar surface area (TPSA) is 42.4 Å². The molecule has 0 aliphatic heterocycles. The molecule has 5 heteroatoms. The second-order valence-corrected chi connectivity index (χ2v) is 9.08. The Bertz CT molecular complexity index is 1190. The van der Waals surface area contributed by atoms with E-state index in [0.717, 1.165) is 45.9 Å². The molecule has 4 aromatic rings. The highest BCUT2D eigenvalue weighted by Gasteiger charge is 2.22. The Hall–Kier alpha value is -3.18. The number of hydrogen-bond donors (Lipinski definition) is 0. The van der Waals surface area contributed by atoms with E-state index in [-0.39, 0.29) is 5.91 Å². The molecular formula is C28H30N2O2S. The largest absolute Gasteiger partial charge is 0.494 e. The maximum Gasteiger partial charge on any atom is 0.260 e. The van der Waals surface area contributed by atoms with Crippen molar-refractivity contribution in [1.29, 1.82) is 0 Å². The van der Waals surface area contributed by atoms with Crippen LogP contribution in [0.4, 0.5) is 5.13 Å². The van der Waals surface area contributed by atoms with Crippen LogP contribution in [0.25, 0.3) is 10.2 Å². The van der Waals surface area contributed by atoms with Gasteiger partial charge >= 0.3 is 0 Å². The van der Waals surface area contributed by atoms with Crippen molar-refractivity contribution in [1.82, 2.24) is 4.98 Å². The molecule has 4 rings (SSSR count). The van der Waals surface area contributed by atoms with Crippen molar-refractivity contribution in [2.45, 2.75) is 46.1 Å². The molecule has 0 radical (unpaired) electrons. The molecule has 0 N–H and O–H groups in total. The van der Waals surface area contributed by atoms with Crippen LogP contribution in [0.15, 0.2) is 72.8 Å². The number of aryl methyl sites for hydroxylation is 1. The van der Waals surface area contributed by atoms with Crippen LogP contribution >= 0.6 is 11.3 Å². The molecule has 1 amide bonds. The molecule has 0 saturated carbocycles. The number of carbonyl (C=O) groups excluding carboxylic acids is 1. The van der Waals surface area contributed by atoms with Crippen LogP contribution in [-0.4, -0.2) is 17.5 Å². The normalized spacial score (nSPS) is 11.0. The number of aromatic nitrogens is 1. The van der Waals surface area contributed by atoms with E-state index < -0.39 is 0 Å². The van der Waals surface area contributed by atoms with Crippen molar-refractivity contribution in [2.75, 3.05) is 11.5 Å². The predicted molar refractivity (Wildman–Crippen MR) is 137 cm³/mol. The van der Waals surface area contributed by atoms with E-state index in [1.165, 1.54) is 12.0 Å². The molecule has 4 nitrogen and oxygen atoms in total. The summed E-state index contributed by atoms with van der Waals surface area (Å²) in [6, 6.07) is 23.8. The minimum absolute atomic E-state index is 0.0616. The van der Waals surface area contributed by atoms with Gasteiger partial charge < -0.3 is 4.74 Å². The van der Waals surface area contributed by atoms with Gasteiger partial charge in [0, 0.05) is 5.56 Å². The number of para-hydroxylation sites is 1. The molecule has 1 aromatic heterocycles. The number of rotatable bonds is 10. The number of amides is 1. The zero-order valence-electron chi connectivity index (χ0n) is 19.3. The lowest BCUT2D eigenvalue weighted by Crippen LogP contribution is -2.30. The van der Waals surface area contributed by atoms with Gasteiger partial charge in [-0.15, -0.1) is 0 Å². The molecule has 33 heavy (non-hydrogen) atoms. The van der Waals surface area contributed by atoms with Crippen LogP contribution in [0, 0.1) is 0 Å². The van der Waals surface area contributed by atoms with Gasteiger partial charge in [-0.25, -0.2) is 4.98 Å². The maximum absolute atomic E-state index is 13.6. The van der Waals surface area contributed by atoms with Crippen molar-refractivity contribution in [3.63, 3.8) is 0 Å². The maximum atomic E-state index is 13.6. The Kier molecular flexibility index (Phi) is 7.74. The molecule has 0 unspecified atom stereocenters. The Balaban J connectivity index is 1.62. The zero-order valence-corrected chi connectivity index (χ0v) is 20.1. The van der Waals surface area contributed by atoms with Gasteiger partial charge in [0.2, 0.25) is 0 Å². The minimum Gasteiger partial charge on any atom is -0.494 e. The van der Waals surface area contributed by atoms with Crippen LogP contribution in [0.2, 0.25) is 0 Å². The fourth-order valence-corrected chi connectivity index (χ4v) is 4.79. The van der Waals surface area contributed by atoms with Gasteiger partial charge in [0.25, 0.3) is 5.91 Å². The van der Waals surface area contributed by atoms with Crippen molar-refractivity contribution in [3.05, 3.63) is 89.5 Å². The van der Waals surface area contributed by atoms with Gasteiger partial charge in [-0.3, -0.25) is 9.69 Å². The third-order valence-corrected chi connectivity index (χ3v) is 6.69. The van der Waals surface area contributed by atoms with E-state index in [4.69, 9.17) is 9.72 Å². The summed E-state index contributed by atoms with van der Waals surface area (Å²) < 4.78 is 6.92. The Morgan fingerprint density at radius 3 is 2.45 bits per heavy atom. The number of hydrogen-bond acceptors (Lipinski definition) is 4. The lowest BCUT2D eigenvalue weighted by molar-refractivity contribution is 0.0985. The fraction of sp³-hybridized carbons (Fsp3) is 0.286. The molecular weight excluding hydrogens is 428 g/mol. The molecule has 0 bridgehead atoms. The van der Waals surface area contributed by atoms with Crippen LogP contribution in [-0.2, 0) is 13.0 Å². The van der Waals surface area contributed by atoms with Gasteiger partial charge in [0.15, 0.2) is 5.13 Å². The average Bonchev–Trinajstić information content (AvgIpc) is 3.30. The zero-order chi connectivity index (χ0) is 23.0. The highest BCUT2D eigenvalue weighted by atomic mass is 32.1. The number of thiazole rings is 1. The number of ether oxygens (including phenoxy) is 1. The van der Waals surface area contributed by atoms with E-state index in [0.29, 0.717) is 18.7 Å². The van der Waals surface area contributed by atoms with E-state index in [9.17, 15) is 4.79 Å². The van der Waals surface area contributed by atoms with Gasteiger partial charge in [-0.05, 0) is 54.3 Å². The van der Waals surface area contributed by atoms with Crippen molar-refractivity contribution in [3.8, 4) is 5.75 Å². The Morgan fingerprint density at radius 1 is 0.939 bits per heavy atom. The predicted octanol–water partition coefficient (Wildman–Crippen LogP) is 7.27. The molecule has 0 fully saturated rings. The van der Waals surface area contributed by atoms with Crippen LogP contribution < -0.4 is 9.64 Å². The Morgan fingerprint density at radius 2 is 1.73 bits per heavy atom. The molecule has 0 spiro atoms. The number of benzene rings is 3. The first kappa shape index (κ1) is 23.0. The molecule has 170 valence electrons. The molecule has 1 heterocycles. The molecule has 0 aliphatic carbocycles. The summed E-state index contributed by atoms with van der Waals surface area (Å²) in [6.07, 6.45) is 4.28. The number of carbonyl (C=O) groups is 1. The smallest absolute Gasteiger partial charge is 0.260 e. The summed E-state index contributed by atoms with van der Waals surface area (Å²) in [5.41, 5.74) is 3.88. The lowest BCUT2D eigenvalue weighted by atomic mass is 10.1. The summed E-state index contributed by atoms with van der Waals surface area (Å²) in [7, 11) is 0. The average molecular weight is 459 g/mol. The lowest BCUT2D eigenvalue weighted by Gasteiger charge is -2.20. The molecule has 0 aliphatic rings. The third-order valence-electron chi connectivity index (χ3n) is 5.65. The summed E-state index contributed by atoms with van der Waals surface area (Å²) >= 11 is 1.57. The number of anilines is 1. The number of nitrogens with zero attached hydrogens (tertiary/aromatic N) is 2. The third kappa shape index (κ3) is 5.60. The molecule has 3 aromatic carbocycles. The summed E-state index contributed by atoms with van der Waals surface area (Å²) in [6.45, 7) is 5.48. The number of fused-ring (bicyclic) bond motifs is 1. The summed E-state index contributed by atoms with van der Waals surface area (Å²) in [5.74, 6) is 0.735. The highest BCUT2D eigenvalue weighted by molar-refractivity contribution is 7.22. The summed E-state index contributed by atoms with van der Waals surface area (Å²) in [5, 5.41) is 0.722. The van der Waals surface area contributed by atoms with Crippen molar-refractivity contribution in [2.24, 2.45) is 0 Å².